The second-order valence-electron chi connectivity index (χ2n) is 5.17. The zero-order valence-corrected chi connectivity index (χ0v) is 10.4. The van der Waals surface area contributed by atoms with Crippen LogP contribution >= 0.6 is 0 Å². The Kier molecular flexibility index (Phi) is 5.07. The summed E-state index contributed by atoms with van der Waals surface area (Å²) in [4.78, 5) is 0. The van der Waals surface area contributed by atoms with Crippen LogP contribution in [-0.2, 0) is 9.47 Å². The summed E-state index contributed by atoms with van der Waals surface area (Å²) in [7, 11) is 1.82. The molecule has 1 saturated heterocycles. The highest BCUT2D eigenvalue weighted by atomic mass is 16.5. The fourth-order valence-corrected chi connectivity index (χ4v) is 2.79. The lowest BCUT2D eigenvalue weighted by molar-refractivity contribution is -0.0425. The molecule has 3 heteroatoms. The number of methoxy groups -OCH3 is 1. The number of hydrogen-bond donors (Lipinski definition) is 1. The quantitative estimate of drug-likeness (QED) is 0.796. The molecule has 0 aromatic carbocycles. The molecular formula is C13H25NO2. The van der Waals surface area contributed by atoms with Gasteiger partial charge in [-0.15, -0.1) is 0 Å². The largest absolute Gasteiger partial charge is 0.381 e. The summed E-state index contributed by atoms with van der Waals surface area (Å²) in [5, 5.41) is 3.39. The topological polar surface area (TPSA) is 30.5 Å². The maximum Gasteiger partial charge on any atom is 0.0600 e. The predicted molar refractivity (Wildman–Crippen MR) is 64.6 cm³/mol. The molecular weight excluding hydrogens is 202 g/mol. The minimum absolute atomic E-state index is 0.437. The van der Waals surface area contributed by atoms with Gasteiger partial charge in [-0.25, -0.2) is 0 Å². The standard InChI is InChI=1S/C13H25NO2/c1-15-12-3-2-4-13(9-12)16-10-11-5-7-14-8-6-11/h11-14H,2-10H2,1H3. The van der Waals surface area contributed by atoms with E-state index in [1.165, 1.54) is 45.2 Å². The van der Waals surface area contributed by atoms with Crippen molar-refractivity contribution >= 4 is 0 Å². The van der Waals surface area contributed by atoms with Crippen molar-refractivity contribution in [3.05, 3.63) is 0 Å². The van der Waals surface area contributed by atoms with Crippen molar-refractivity contribution in [3.8, 4) is 0 Å². The molecule has 0 bridgehead atoms. The van der Waals surface area contributed by atoms with Gasteiger partial charge in [-0.05, 0) is 57.5 Å². The minimum atomic E-state index is 0.437. The summed E-state index contributed by atoms with van der Waals surface area (Å²) >= 11 is 0. The summed E-state index contributed by atoms with van der Waals surface area (Å²) in [6.07, 6.45) is 8.24. The van der Waals surface area contributed by atoms with Gasteiger partial charge in [0.1, 0.15) is 0 Å². The normalized spacial score (nSPS) is 32.8. The van der Waals surface area contributed by atoms with Crippen molar-refractivity contribution in [3.63, 3.8) is 0 Å². The van der Waals surface area contributed by atoms with Crippen LogP contribution in [0.4, 0.5) is 0 Å². The highest BCUT2D eigenvalue weighted by Gasteiger charge is 2.23. The molecule has 1 heterocycles. The monoisotopic (exact) mass is 227 g/mol. The first-order valence-corrected chi connectivity index (χ1v) is 6.73. The fourth-order valence-electron chi connectivity index (χ4n) is 2.79. The zero-order valence-electron chi connectivity index (χ0n) is 10.4. The molecule has 0 spiro atoms. The van der Waals surface area contributed by atoms with Gasteiger partial charge in [-0.2, -0.15) is 0 Å². The maximum absolute atomic E-state index is 6.05. The average molecular weight is 227 g/mol. The van der Waals surface area contributed by atoms with Gasteiger partial charge >= 0.3 is 0 Å². The van der Waals surface area contributed by atoms with Gasteiger partial charge in [-0.1, -0.05) is 0 Å². The molecule has 2 atom stereocenters. The van der Waals surface area contributed by atoms with Gasteiger partial charge in [0.15, 0.2) is 0 Å². The Morgan fingerprint density at radius 2 is 1.81 bits per heavy atom. The number of hydrogen-bond acceptors (Lipinski definition) is 3. The van der Waals surface area contributed by atoms with Crippen LogP contribution < -0.4 is 5.32 Å². The summed E-state index contributed by atoms with van der Waals surface area (Å²) in [5.74, 6) is 0.782. The molecule has 1 saturated carbocycles. The second-order valence-corrected chi connectivity index (χ2v) is 5.17. The van der Waals surface area contributed by atoms with E-state index in [9.17, 15) is 0 Å². The lowest BCUT2D eigenvalue weighted by Crippen LogP contribution is -2.33. The van der Waals surface area contributed by atoms with Gasteiger partial charge in [0, 0.05) is 13.7 Å². The first-order chi connectivity index (χ1) is 7.88. The number of ether oxygens (including phenoxy) is 2. The molecule has 1 aliphatic heterocycles. The fraction of sp³-hybridized carbons (Fsp3) is 1.00. The lowest BCUT2D eigenvalue weighted by Gasteiger charge is -2.30. The summed E-state index contributed by atoms with van der Waals surface area (Å²) < 4.78 is 11.5. The summed E-state index contributed by atoms with van der Waals surface area (Å²) in [6, 6.07) is 0. The second kappa shape index (κ2) is 6.58. The van der Waals surface area contributed by atoms with Crippen molar-refractivity contribution in [2.24, 2.45) is 5.92 Å². The van der Waals surface area contributed by atoms with Gasteiger partial charge in [0.25, 0.3) is 0 Å². The molecule has 16 heavy (non-hydrogen) atoms. The van der Waals surface area contributed by atoms with Crippen molar-refractivity contribution in [1.82, 2.24) is 5.32 Å². The highest BCUT2D eigenvalue weighted by Crippen LogP contribution is 2.24. The van der Waals surface area contributed by atoms with Crippen molar-refractivity contribution in [2.75, 3.05) is 26.8 Å². The Hall–Kier alpha value is -0.120. The Labute approximate surface area is 98.9 Å². The van der Waals surface area contributed by atoms with Crippen molar-refractivity contribution in [1.29, 1.82) is 0 Å². The smallest absolute Gasteiger partial charge is 0.0600 e. The molecule has 0 aromatic heterocycles. The predicted octanol–water partition coefficient (Wildman–Crippen LogP) is 1.96. The third-order valence-electron chi connectivity index (χ3n) is 3.94. The van der Waals surface area contributed by atoms with E-state index in [4.69, 9.17) is 9.47 Å². The lowest BCUT2D eigenvalue weighted by atomic mass is 9.94. The molecule has 2 unspecified atom stereocenters. The van der Waals surface area contributed by atoms with Crippen LogP contribution in [0.5, 0.6) is 0 Å². The third kappa shape index (κ3) is 3.72. The van der Waals surface area contributed by atoms with E-state index in [1.807, 2.05) is 7.11 Å². The van der Waals surface area contributed by atoms with E-state index >= 15 is 0 Å². The van der Waals surface area contributed by atoms with Crippen LogP contribution in [0, 0.1) is 5.92 Å². The number of rotatable bonds is 4. The van der Waals surface area contributed by atoms with Gasteiger partial charge in [0.2, 0.25) is 0 Å². The van der Waals surface area contributed by atoms with E-state index in [2.05, 4.69) is 5.32 Å². The Morgan fingerprint density at radius 1 is 1.06 bits per heavy atom. The molecule has 2 aliphatic rings. The maximum atomic E-state index is 6.05. The van der Waals surface area contributed by atoms with Crippen LogP contribution in [0.3, 0.4) is 0 Å². The van der Waals surface area contributed by atoms with E-state index in [1.54, 1.807) is 0 Å². The molecule has 0 amide bonds. The molecule has 0 aromatic rings. The van der Waals surface area contributed by atoms with Gasteiger partial charge in [0.05, 0.1) is 12.2 Å². The number of piperidine rings is 1. The van der Waals surface area contributed by atoms with Crippen LogP contribution in [0.15, 0.2) is 0 Å². The molecule has 2 rings (SSSR count). The molecule has 94 valence electrons. The Morgan fingerprint density at radius 3 is 2.56 bits per heavy atom. The molecule has 1 aliphatic carbocycles. The van der Waals surface area contributed by atoms with E-state index in [0.29, 0.717) is 12.2 Å². The third-order valence-corrected chi connectivity index (χ3v) is 3.94. The van der Waals surface area contributed by atoms with Crippen LogP contribution in [0.1, 0.15) is 38.5 Å². The highest BCUT2D eigenvalue weighted by molar-refractivity contribution is 4.75. The molecule has 0 radical (unpaired) electrons. The van der Waals surface area contributed by atoms with E-state index < -0.39 is 0 Å². The van der Waals surface area contributed by atoms with E-state index in [0.717, 1.165) is 18.9 Å². The van der Waals surface area contributed by atoms with Crippen molar-refractivity contribution in [2.45, 2.75) is 50.7 Å². The van der Waals surface area contributed by atoms with Crippen LogP contribution in [-0.4, -0.2) is 39.0 Å². The minimum Gasteiger partial charge on any atom is -0.381 e. The molecule has 1 N–H and O–H groups in total. The first-order valence-electron chi connectivity index (χ1n) is 6.73. The van der Waals surface area contributed by atoms with Gasteiger partial charge < -0.3 is 14.8 Å². The zero-order chi connectivity index (χ0) is 11.2. The summed E-state index contributed by atoms with van der Waals surface area (Å²) in [5.41, 5.74) is 0. The Balaban J connectivity index is 1.64. The van der Waals surface area contributed by atoms with Gasteiger partial charge in [-0.3, -0.25) is 0 Å². The Bertz CT molecular complexity index is 192. The molecule has 3 nitrogen and oxygen atoms in total. The van der Waals surface area contributed by atoms with Crippen LogP contribution in [0.25, 0.3) is 0 Å². The summed E-state index contributed by atoms with van der Waals surface area (Å²) in [6.45, 7) is 3.29. The van der Waals surface area contributed by atoms with Crippen molar-refractivity contribution < 1.29 is 9.47 Å². The number of nitrogens with one attached hydrogen (secondary N) is 1. The SMILES string of the molecule is COC1CCCC(OCC2CCNCC2)C1. The first kappa shape index (κ1) is 12.3. The molecule has 2 fully saturated rings. The van der Waals surface area contributed by atoms with E-state index in [-0.39, 0.29) is 0 Å². The average Bonchev–Trinajstić information content (AvgIpc) is 2.38. The van der Waals surface area contributed by atoms with Crippen LogP contribution in [0.2, 0.25) is 0 Å².